The summed E-state index contributed by atoms with van der Waals surface area (Å²) >= 11 is 0. The number of carbonyl (C=O) groups is 3. The number of Topliss-reactive ketones (excluding diaryl/α,β-unsaturated/α-hetero) is 2. The van der Waals surface area contributed by atoms with Gasteiger partial charge in [0.15, 0.2) is 0 Å². The van der Waals surface area contributed by atoms with Gasteiger partial charge in [-0.25, -0.2) is 8.78 Å². The molecule has 1 atom stereocenters. The van der Waals surface area contributed by atoms with Crippen LogP contribution in [-0.4, -0.2) is 30.6 Å². The van der Waals surface area contributed by atoms with E-state index in [9.17, 15) is 23.2 Å². The SMILES string of the molecule is CCOC(=O)C(CC(=O)C(C)C)C(=O)C(F)F. The molecule has 4 nitrogen and oxygen atoms in total. The smallest absolute Gasteiger partial charge is 0.317 e. The van der Waals surface area contributed by atoms with E-state index >= 15 is 0 Å². The van der Waals surface area contributed by atoms with E-state index in [-0.39, 0.29) is 6.61 Å². The van der Waals surface area contributed by atoms with E-state index < -0.39 is 42.2 Å². The number of ether oxygens (including phenoxy) is 1. The first-order valence-electron chi connectivity index (χ1n) is 5.32. The van der Waals surface area contributed by atoms with Gasteiger partial charge in [0, 0.05) is 12.3 Å². The van der Waals surface area contributed by atoms with Crippen LogP contribution in [0.5, 0.6) is 0 Å². The van der Waals surface area contributed by atoms with Crippen molar-refractivity contribution >= 4 is 17.5 Å². The molecule has 1 unspecified atom stereocenters. The fourth-order valence-electron chi connectivity index (χ4n) is 1.13. The molecule has 0 aliphatic carbocycles. The van der Waals surface area contributed by atoms with Gasteiger partial charge in [-0.1, -0.05) is 13.8 Å². The highest BCUT2D eigenvalue weighted by molar-refractivity contribution is 6.03. The van der Waals surface area contributed by atoms with Crippen molar-refractivity contribution in [2.45, 2.75) is 33.6 Å². The van der Waals surface area contributed by atoms with Crippen LogP contribution in [0.2, 0.25) is 0 Å². The first-order chi connectivity index (χ1) is 7.81. The number of hydrogen-bond acceptors (Lipinski definition) is 4. The van der Waals surface area contributed by atoms with Crippen molar-refractivity contribution in [3.8, 4) is 0 Å². The van der Waals surface area contributed by atoms with Gasteiger partial charge in [0.1, 0.15) is 11.7 Å². The van der Waals surface area contributed by atoms with Crippen LogP contribution in [0.3, 0.4) is 0 Å². The van der Waals surface area contributed by atoms with Crippen LogP contribution < -0.4 is 0 Å². The maximum Gasteiger partial charge on any atom is 0.317 e. The number of ketones is 2. The molecule has 0 saturated carbocycles. The number of rotatable bonds is 7. The molecule has 0 N–H and O–H groups in total. The lowest BCUT2D eigenvalue weighted by Gasteiger charge is -2.14. The van der Waals surface area contributed by atoms with E-state index in [1.165, 1.54) is 6.92 Å². The van der Waals surface area contributed by atoms with Crippen molar-refractivity contribution in [1.29, 1.82) is 0 Å². The van der Waals surface area contributed by atoms with Crippen LogP contribution in [0.15, 0.2) is 0 Å². The normalized spacial score (nSPS) is 12.6. The standard InChI is InChI=1S/C11H16F2O4/c1-4-17-11(16)7(9(15)10(12)13)5-8(14)6(2)3/h6-7,10H,4-5H2,1-3H3. The zero-order valence-electron chi connectivity index (χ0n) is 10.0. The quantitative estimate of drug-likeness (QED) is 0.509. The second-order valence-electron chi connectivity index (χ2n) is 3.83. The monoisotopic (exact) mass is 250 g/mol. The van der Waals surface area contributed by atoms with Crippen LogP contribution >= 0.6 is 0 Å². The van der Waals surface area contributed by atoms with Gasteiger partial charge in [0.05, 0.1) is 6.61 Å². The molecular formula is C11H16F2O4. The predicted octanol–water partition coefficient (Wildman–Crippen LogP) is 1.62. The maximum atomic E-state index is 12.3. The maximum absolute atomic E-state index is 12.3. The minimum atomic E-state index is -3.27. The molecule has 0 aliphatic heterocycles. The molecule has 0 amide bonds. The van der Waals surface area contributed by atoms with E-state index in [0.29, 0.717) is 0 Å². The Labute approximate surface area is 98.3 Å². The molecule has 0 bridgehead atoms. The second-order valence-corrected chi connectivity index (χ2v) is 3.83. The number of hydrogen-bond donors (Lipinski definition) is 0. The third-order valence-electron chi connectivity index (χ3n) is 2.18. The number of halogens is 2. The molecule has 6 heteroatoms. The number of esters is 1. The molecule has 0 aromatic carbocycles. The molecule has 0 rings (SSSR count). The average molecular weight is 250 g/mol. The minimum absolute atomic E-state index is 0.0261. The van der Waals surface area contributed by atoms with Crippen molar-refractivity contribution in [2.24, 2.45) is 11.8 Å². The lowest BCUT2D eigenvalue weighted by molar-refractivity contribution is -0.156. The van der Waals surface area contributed by atoms with Crippen LogP contribution in [0.1, 0.15) is 27.2 Å². The summed E-state index contributed by atoms with van der Waals surface area (Å²) in [4.78, 5) is 33.8. The molecular weight excluding hydrogens is 234 g/mol. The van der Waals surface area contributed by atoms with Gasteiger partial charge >= 0.3 is 5.97 Å². The predicted molar refractivity (Wildman–Crippen MR) is 55.6 cm³/mol. The van der Waals surface area contributed by atoms with Crippen molar-refractivity contribution in [2.75, 3.05) is 6.61 Å². The van der Waals surface area contributed by atoms with Crippen molar-refractivity contribution in [3.63, 3.8) is 0 Å². The molecule has 0 aromatic heterocycles. The highest BCUT2D eigenvalue weighted by Gasteiger charge is 2.35. The summed E-state index contributed by atoms with van der Waals surface area (Å²) in [7, 11) is 0. The molecule has 0 heterocycles. The molecule has 0 aliphatic rings. The first-order valence-corrected chi connectivity index (χ1v) is 5.32. The van der Waals surface area contributed by atoms with Crippen LogP contribution in [0.25, 0.3) is 0 Å². The van der Waals surface area contributed by atoms with E-state index in [1.54, 1.807) is 13.8 Å². The lowest BCUT2D eigenvalue weighted by atomic mass is 9.93. The van der Waals surface area contributed by atoms with Gasteiger partial charge in [0.25, 0.3) is 6.43 Å². The first kappa shape index (κ1) is 15.7. The van der Waals surface area contributed by atoms with Crippen molar-refractivity contribution in [1.82, 2.24) is 0 Å². The molecule has 0 aromatic rings. The van der Waals surface area contributed by atoms with E-state index in [0.717, 1.165) is 0 Å². The van der Waals surface area contributed by atoms with E-state index in [4.69, 9.17) is 0 Å². The van der Waals surface area contributed by atoms with Gasteiger partial charge < -0.3 is 4.74 Å². The minimum Gasteiger partial charge on any atom is -0.465 e. The van der Waals surface area contributed by atoms with Gasteiger partial charge in [-0.2, -0.15) is 0 Å². The van der Waals surface area contributed by atoms with Crippen LogP contribution in [-0.2, 0) is 19.1 Å². The fourth-order valence-corrected chi connectivity index (χ4v) is 1.13. The molecule has 0 fully saturated rings. The lowest BCUT2D eigenvalue weighted by Crippen LogP contribution is -2.33. The Kier molecular flexibility index (Phi) is 6.53. The topological polar surface area (TPSA) is 60.4 Å². The Bertz CT molecular complexity index is 300. The fraction of sp³-hybridized carbons (Fsp3) is 0.727. The van der Waals surface area contributed by atoms with E-state index in [1.807, 2.05) is 0 Å². The molecule has 98 valence electrons. The molecule has 0 spiro atoms. The third kappa shape index (κ3) is 5.01. The summed E-state index contributed by atoms with van der Waals surface area (Å²) in [6, 6.07) is 0. The summed E-state index contributed by atoms with van der Waals surface area (Å²) in [5.74, 6) is -5.15. The summed E-state index contributed by atoms with van der Waals surface area (Å²) < 4.78 is 29.0. The Hall–Kier alpha value is -1.33. The van der Waals surface area contributed by atoms with Gasteiger partial charge in [-0.05, 0) is 6.92 Å². The summed E-state index contributed by atoms with van der Waals surface area (Å²) in [6.45, 7) is 4.60. The van der Waals surface area contributed by atoms with Crippen molar-refractivity contribution < 1.29 is 27.9 Å². The Morgan fingerprint density at radius 3 is 2.06 bits per heavy atom. The molecule has 17 heavy (non-hydrogen) atoms. The average Bonchev–Trinajstić information content (AvgIpc) is 2.24. The van der Waals surface area contributed by atoms with Gasteiger partial charge in [-0.15, -0.1) is 0 Å². The van der Waals surface area contributed by atoms with Gasteiger partial charge in [-0.3, -0.25) is 14.4 Å². The third-order valence-corrected chi connectivity index (χ3v) is 2.18. The van der Waals surface area contributed by atoms with Crippen LogP contribution in [0.4, 0.5) is 8.78 Å². The Balaban J connectivity index is 4.80. The van der Waals surface area contributed by atoms with Crippen molar-refractivity contribution in [3.05, 3.63) is 0 Å². The largest absolute Gasteiger partial charge is 0.465 e. The van der Waals surface area contributed by atoms with Gasteiger partial charge in [0.2, 0.25) is 5.78 Å². The molecule has 0 saturated heterocycles. The second kappa shape index (κ2) is 7.09. The zero-order valence-corrected chi connectivity index (χ0v) is 10.0. The molecule has 0 radical (unpaired) electrons. The van der Waals surface area contributed by atoms with E-state index in [2.05, 4.69) is 4.74 Å². The highest BCUT2D eigenvalue weighted by atomic mass is 19.3. The van der Waals surface area contributed by atoms with Crippen LogP contribution in [0, 0.1) is 11.8 Å². The summed E-state index contributed by atoms with van der Waals surface area (Å²) in [6.07, 6.45) is -3.80. The number of alkyl halides is 2. The summed E-state index contributed by atoms with van der Waals surface area (Å²) in [5.41, 5.74) is 0. The Morgan fingerprint density at radius 2 is 1.71 bits per heavy atom. The Morgan fingerprint density at radius 1 is 1.18 bits per heavy atom. The highest BCUT2D eigenvalue weighted by Crippen LogP contribution is 2.16. The summed E-state index contributed by atoms with van der Waals surface area (Å²) in [5, 5.41) is 0. The zero-order chi connectivity index (χ0) is 13.6. The number of carbonyl (C=O) groups excluding carboxylic acids is 3.